The highest BCUT2D eigenvalue weighted by atomic mass is 32.1. The molecule has 34 heavy (non-hydrogen) atoms. The van der Waals surface area contributed by atoms with Crippen LogP contribution in [0.3, 0.4) is 0 Å². The van der Waals surface area contributed by atoms with E-state index in [0.29, 0.717) is 59.6 Å². The normalized spacial score (nSPS) is 18.4. The van der Waals surface area contributed by atoms with Crippen LogP contribution in [0, 0.1) is 0 Å². The standard InChI is InChI=1S/C24H21FN6O2S/c25-12-24(26)6-8-31(9-7-24)23-28-15-4-2-1-3-13(15)19(29-23)18-17(21(32)30-22(18)33)14-11-27-16-5-10-34-20(14)16/h1-5,10-11,27H,6-9,12,26H2,(H,30,32,33). The van der Waals surface area contributed by atoms with Crippen molar-refractivity contribution in [2.24, 2.45) is 5.73 Å². The van der Waals surface area contributed by atoms with Crippen LogP contribution in [0.1, 0.15) is 24.1 Å². The van der Waals surface area contributed by atoms with Gasteiger partial charge in [0.05, 0.1) is 32.6 Å². The highest BCUT2D eigenvalue weighted by molar-refractivity contribution is 7.17. The predicted octanol–water partition coefficient (Wildman–Crippen LogP) is 3.01. The fraction of sp³-hybridized carbons (Fsp3) is 0.250. The maximum Gasteiger partial charge on any atom is 0.261 e. The van der Waals surface area contributed by atoms with Gasteiger partial charge in [-0.05, 0) is 30.4 Å². The number of imide groups is 1. The second-order valence-electron chi connectivity index (χ2n) is 8.77. The number of para-hydroxylation sites is 1. The molecule has 0 bridgehead atoms. The molecule has 10 heteroatoms. The number of piperidine rings is 1. The summed E-state index contributed by atoms with van der Waals surface area (Å²) in [4.78, 5) is 40.7. The Labute approximate surface area is 197 Å². The first-order chi connectivity index (χ1) is 16.5. The van der Waals surface area contributed by atoms with Gasteiger partial charge in [0, 0.05) is 35.8 Å². The highest BCUT2D eigenvalue weighted by Gasteiger charge is 2.37. The van der Waals surface area contributed by atoms with Gasteiger partial charge in [0.1, 0.15) is 6.67 Å². The molecule has 0 atom stereocenters. The number of thiophene rings is 1. The molecule has 4 N–H and O–H groups in total. The third-order valence-corrected chi connectivity index (χ3v) is 7.57. The van der Waals surface area contributed by atoms with E-state index >= 15 is 0 Å². The molecule has 4 aromatic rings. The van der Waals surface area contributed by atoms with Crippen molar-refractivity contribution in [3.63, 3.8) is 0 Å². The van der Waals surface area contributed by atoms with Gasteiger partial charge in [-0.15, -0.1) is 11.3 Å². The Morgan fingerprint density at radius 3 is 2.65 bits per heavy atom. The average molecular weight is 477 g/mol. The van der Waals surface area contributed by atoms with E-state index in [1.54, 1.807) is 6.20 Å². The van der Waals surface area contributed by atoms with E-state index in [0.717, 1.165) is 10.2 Å². The maximum atomic E-state index is 13.4. The van der Waals surface area contributed by atoms with Crippen molar-refractivity contribution in [3.8, 4) is 0 Å². The second kappa shape index (κ2) is 7.71. The van der Waals surface area contributed by atoms with E-state index in [2.05, 4.69) is 10.3 Å². The van der Waals surface area contributed by atoms with Crippen LogP contribution in [-0.2, 0) is 9.59 Å². The van der Waals surface area contributed by atoms with Gasteiger partial charge in [0.2, 0.25) is 5.95 Å². The topological polar surface area (TPSA) is 117 Å². The SMILES string of the molecule is NC1(CF)CCN(c2nc(C3=C(c4c[nH]c5ccsc45)C(=O)NC3=O)c3ccccc3n2)CC1. The number of rotatable bonds is 4. The Morgan fingerprint density at radius 2 is 1.85 bits per heavy atom. The van der Waals surface area contributed by atoms with Crippen LogP contribution in [0.15, 0.2) is 41.9 Å². The first kappa shape index (κ1) is 20.9. The summed E-state index contributed by atoms with van der Waals surface area (Å²) in [5, 5.41) is 5.06. The van der Waals surface area contributed by atoms with E-state index in [-0.39, 0.29) is 5.57 Å². The minimum atomic E-state index is -0.829. The van der Waals surface area contributed by atoms with Crippen LogP contribution >= 0.6 is 11.3 Å². The zero-order valence-electron chi connectivity index (χ0n) is 18.1. The van der Waals surface area contributed by atoms with Gasteiger partial charge in [0.15, 0.2) is 0 Å². The highest BCUT2D eigenvalue weighted by Crippen LogP contribution is 2.38. The van der Waals surface area contributed by atoms with E-state index in [9.17, 15) is 14.0 Å². The number of aromatic nitrogens is 3. The van der Waals surface area contributed by atoms with Crippen molar-refractivity contribution in [1.29, 1.82) is 0 Å². The molecular formula is C24H21FN6O2S. The minimum Gasteiger partial charge on any atom is -0.360 e. The van der Waals surface area contributed by atoms with Crippen LogP contribution < -0.4 is 16.0 Å². The quantitative estimate of drug-likeness (QED) is 0.390. The summed E-state index contributed by atoms with van der Waals surface area (Å²) in [6.45, 7) is 0.433. The van der Waals surface area contributed by atoms with Crippen LogP contribution in [0.5, 0.6) is 0 Å². The fourth-order valence-electron chi connectivity index (χ4n) is 4.65. The number of halogens is 1. The van der Waals surface area contributed by atoms with Crippen molar-refractivity contribution < 1.29 is 14.0 Å². The van der Waals surface area contributed by atoms with Crippen LogP contribution in [0.2, 0.25) is 0 Å². The number of fused-ring (bicyclic) bond motifs is 2. The number of benzene rings is 1. The maximum absolute atomic E-state index is 13.4. The fourth-order valence-corrected chi connectivity index (χ4v) is 5.53. The minimum absolute atomic E-state index is 0.230. The number of hydrogen-bond donors (Lipinski definition) is 3. The number of hydrogen-bond acceptors (Lipinski definition) is 7. The molecule has 0 spiro atoms. The van der Waals surface area contributed by atoms with E-state index < -0.39 is 24.0 Å². The van der Waals surface area contributed by atoms with Crippen LogP contribution in [-0.4, -0.2) is 52.1 Å². The summed E-state index contributed by atoms with van der Waals surface area (Å²) in [7, 11) is 0. The van der Waals surface area contributed by atoms with E-state index in [4.69, 9.17) is 15.7 Å². The van der Waals surface area contributed by atoms with Crippen molar-refractivity contribution in [2.75, 3.05) is 24.7 Å². The first-order valence-corrected chi connectivity index (χ1v) is 11.9. The third kappa shape index (κ3) is 3.21. The molecule has 1 saturated heterocycles. The van der Waals surface area contributed by atoms with Crippen molar-refractivity contribution in [3.05, 3.63) is 53.2 Å². The molecule has 6 rings (SSSR count). The van der Waals surface area contributed by atoms with Gasteiger partial charge in [-0.3, -0.25) is 14.9 Å². The summed E-state index contributed by atoms with van der Waals surface area (Å²) in [6, 6.07) is 9.34. The van der Waals surface area contributed by atoms with Gasteiger partial charge < -0.3 is 15.6 Å². The van der Waals surface area contributed by atoms with Gasteiger partial charge in [0.25, 0.3) is 11.8 Å². The molecule has 2 amide bonds. The van der Waals surface area contributed by atoms with Crippen LogP contribution in [0.25, 0.3) is 32.3 Å². The number of alkyl halides is 1. The molecule has 0 aliphatic carbocycles. The summed E-state index contributed by atoms with van der Waals surface area (Å²) in [5.74, 6) is -0.505. The molecule has 5 heterocycles. The Hall–Kier alpha value is -3.63. The first-order valence-electron chi connectivity index (χ1n) is 11.0. The second-order valence-corrected chi connectivity index (χ2v) is 9.69. The lowest BCUT2D eigenvalue weighted by atomic mass is 9.90. The molecule has 0 radical (unpaired) electrons. The summed E-state index contributed by atoms with van der Waals surface area (Å²) >= 11 is 1.50. The number of H-pyrrole nitrogens is 1. The molecular weight excluding hydrogens is 455 g/mol. The number of anilines is 1. The van der Waals surface area contributed by atoms with Crippen molar-refractivity contribution >= 4 is 61.4 Å². The van der Waals surface area contributed by atoms with Crippen molar-refractivity contribution in [1.82, 2.24) is 20.3 Å². The summed E-state index contributed by atoms with van der Waals surface area (Å²) in [6.07, 6.45) is 2.70. The Kier molecular flexibility index (Phi) is 4.75. The average Bonchev–Trinajstić information content (AvgIpc) is 3.53. The summed E-state index contributed by atoms with van der Waals surface area (Å²) in [5.41, 5.74) is 8.45. The predicted molar refractivity (Wildman–Crippen MR) is 130 cm³/mol. The molecule has 0 saturated carbocycles. The largest absolute Gasteiger partial charge is 0.360 e. The lowest BCUT2D eigenvalue weighted by molar-refractivity contribution is -0.122. The lowest BCUT2D eigenvalue weighted by Gasteiger charge is -2.37. The lowest BCUT2D eigenvalue weighted by Crippen LogP contribution is -2.52. The smallest absolute Gasteiger partial charge is 0.261 e. The molecule has 1 fully saturated rings. The van der Waals surface area contributed by atoms with E-state index in [1.165, 1.54) is 11.3 Å². The Balaban J connectivity index is 1.55. The zero-order valence-corrected chi connectivity index (χ0v) is 18.9. The van der Waals surface area contributed by atoms with Gasteiger partial charge in [-0.1, -0.05) is 18.2 Å². The molecule has 2 aliphatic heterocycles. The third-order valence-electron chi connectivity index (χ3n) is 6.62. The monoisotopic (exact) mass is 476 g/mol. The van der Waals surface area contributed by atoms with Gasteiger partial charge in [-0.2, -0.15) is 0 Å². The number of nitrogens with zero attached hydrogens (tertiary/aromatic N) is 3. The molecule has 2 aliphatic rings. The number of amides is 2. The number of nitrogens with two attached hydrogens (primary N) is 1. The van der Waals surface area contributed by atoms with Gasteiger partial charge in [-0.25, -0.2) is 14.4 Å². The Morgan fingerprint density at radius 1 is 1.09 bits per heavy atom. The summed E-state index contributed by atoms with van der Waals surface area (Å²) < 4.78 is 14.3. The van der Waals surface area contributed by atoms with Crippen LogP contribution in [0.4, 0.5) is 10.3 Å². The number of nitrogens with one attached hydrogen (secondary N) is 2. The number of carbonyl (C=O) groups excluding carboxylic acids is 2. The molecule has 1 aromatic carbocycles. The number of carbonyl (C=O) groups is 2. The van der Waals surface area contributed by atoms with E-state index in [1.807, 2.05) is 40.6 Å². The molecule has 3 aromatic heterocycles. The van der Waals surface area contributed by atoms with Gasteiger partial charge >= 0.3 is 0 Å². The van der Waals surface area contributed by atoms with Crippen molar-refractivity contribution in [2.45, 2.75) is 18.4 Å². The zero-order chi connectivity index (χ0) is 23.4. The molecule has 8 nitrogen and oxygen atoms in total. The molecule has 172 valence electrons. The molecule has 0 unspecified atom stereocenters. The Bertz CT molecular complexity index is 1500. The number of aromatic amines is 1.